The Labute approximate surface area is 179 Å². The fourth-order valence-electron chi connectivity index (χ4n) is 3.97. The quantitative estimate of drug-likeness (QED) is 0.684. The number of carbonyl (C=O) groups excluding carboxylic acids is 2. The predicted octanol–water partition coefficient (Wildman–Crippen LogP) is 2.34. The highest BCUT2D eigenvalue weighted by Crippen LogP contribution is 2.21. The monoisotopic (exact) mass is 420 g/mol. The maximum atomic E-state index is 13.0. The topological polar surface area (TPSA) is 93.5 Å². The molecular formula is C23H24N4O4. The maximum absolute atomic E-state index is 13.0. The van der Waals surface area contributed by atoms with Crippen molar-refractivity contribution in [1.29, 1.82) is 0 Å². The first-order chi connectivity index (χ1) is 15.0. The van der Waals surface area contributed by atoms with E-state index in [0.29, 0.717) is 35.5 Å². The molecule has 2 amide bonds. The smallest absolute Gasteiger partial charge is 0.275 e. The van der Waals surface area contributed by atoms with Crippen molar-refractivity contribution in [2.45, 2.75) is 32.4 Å². The maximum Gasteiger partial charge on any atom is 0.275 e. The van der Waals surface area contributed by atoms with Crippen molar-refractivity contribution in [3.63, 3.8) is 0 Å². The van der Waals surface area contributed by atoms with Gasteiger partial charge in [0.25, 0.3) is 5.56 Å². The molecule has 1 fully saturated rings. The summed E-state index contributed by atoms with van der Waals surface area (Å²) in [7, 11) is 1.58. The van der Waals surface area contributed by atoms with Crippen LogP contribution in [0.1, 0.15) is 18.5 Å². The molecule has 1 saturated heterocycles. The third kappa shape index (κ3) is 4.14. The van der Waals surface area contributed by atoms with Gasteiger partial charge >= 0.3 is 0 Å². The number of methoxy groups -OCH3 is 1. The number of nitrogens with zero attached hydrogens (tertiary/aromatic N) is 3. The van der Waals surface area contributed by atoms with E-state index in [4.69, 9.17) is 4.74 Å². The van der Waals surface area contributed by atoms with E-state index in [-0.39, 0.29) is 23.9 Å². The van der Waals surface area contributed by atoms with Crippen LogP contribution in [0.25, 0.3) is 10.8 Å². The summed E-state index contributed by atoms with van der Waals surface area (Å²) in [6.07, 6.45) is 1.30. The minimum atomic E-state index is -0.577. The average molecular weight is 420 g/mol. The van der Waals surface area contributed by atoms with Gasteiger partial charge in [-0.2, -0.15) is 5.10 Å². The Hall–Kier alpha value is -3.68. The van der Waals surface area contributed by atoms with Crippen LogP contribution in [-0.2, 0) is 16.1 Å². The Morgan fingerprint density at radius 1 is 1.13 bits per heavy atom. The van der Waals surface area contributed by atoms with Crippen molar-refractivity contribution in [3.8, 4) is 5.75 Å². The summed E-state index contributed by atoms with van der Waals surface area (Å²) >= 11 is 0. The number of aromatic nitrogens is 2. The summed E-state index contributed by atoms with van der Waals surface area (Å²) in [6.45, 7) is 2.08. The van der Waals surface area contributed by atoms with Gasteiger partial charge in [-0.3, -0.25) is 14.4 Å². The van der Waals surface area contributed by atoms with Gasteiger partial charge in [0.1, 0.15) is 18.3 Å². The second-order valence-corrected chi connectivity index (χ2v) is 7.56. The minimum Gasteiger partial charge on any atom is -0.497 e. The molecule has 2 heterocycles. The summed E-state index contributed by atoms with van der Waals surface area (Å²) in [6, 6.07) is 13.6. The first kappa shape index (κ1) is 20.6. The molecule has 3 aromatic rings. The van der Waals surface area contributed by atoms with E-state index in [2.05, 4.69) is 10.4 Å². The Kier molecular flexibility index (Phi) is 5.70. The van der Waals surface area contributed by atoms with Gasteiger partial charge in [0.05, 0.1) is 18.2 Å². The minimum absolute atomic E-state index is 0.198. The van der Waals surface area contributed by atoms with Crippen LogP contribution in [0.2, 0.25) is 0 Å². The second-order valence-electron chi connectivity index (χ2n) is 7.56. The summed E-state index contributed by atoms with van der Waals surface area (Å²) in [5.41, 5.74) is 0.999. The van der Waals surface area contributed by atoms with Gasteiger partial charge in [-0.05, 0) is 50.1 Å². The molecule has 31 heavy (non-hydrogen) atoms. The zero-order valence-corrected chi connectivity index (χ0v) is 17.5. The molecule has 4 rings (SSSR count). The average Bonchev–Trinajstić information content (AvgIpc) is 3.28. The van der Waals surface area contributed by atoms with Gasteiger partial charge in [-0.15, -0.1) is 0 Å². The molecule has 0 aliphatic carbocycles. The number of ether oxygens (including phenoxy) is 1. The van der Waals surface area contributed by atoms with E-state index in [1.807, 2.05) is 19.1 Å². The number of carbonyl (C=O) groups is 2. The highest BCUT2D eigenvalue weighted by atomic mass is 16.5. The molecular weight excluding hydrogens is 396 g/mol. The highest BCUT2D eigenvalue weighted by Gasteiger charge is 2.34. The van der Waals surface area contributed by atoms with Crippen LogP contribution in [0.3, 0.4) is 0 Å². The molecule has 1 aliphatic heterocycles. The predicted molar refractivity (Wildman–Crippen MR) is 117 cm³/mol. The standard InChI is InChI=1S/C23H24N4O4/c1-15-18-6-3-4-7-19(18)23(30)27(25-15)14-21(28)26-13-5-8-20(26)22(29)24-16-9-11-17(31-2)12-10-16/h3-4,6-7,9-12,20H,5,8,13-14H2,1-2H3,(H,24,29). The number of hydrogen-bond acceptors (Lipinski definition) is 5. The summed E-state index contributed by atoms with van der Waals surface area (Å²) in [5.74, 6) is 0.155. The number of hydrogen-bond donors (Lipinski definition) is 1. The van der Waals surface area contributed by atoms with E-state index < -0.39 is 6.04 Å². The zero-order chi connectivity index (χ0) is 22.0. The molecule has 1 aromatic heterocycles. The van der Waals surface area contributed by atoms with Crippen LogP contribution < -0.4 is 15.6 Å². The van der Waals surface area contributed by atoms with Crippen LogP contribution in [0.5, 0.6) is 5.75 Å². The van der Waals surface area contributed by atoms with Crippen molar-refractivity contribution in [3.05, 3.63) is 64.6 Å². The molecule has 160 valence electrons. The second kappa shape index (κ2) is 8.59. The fraction of sp³-hybridized carbons (Fsp3) is 0.304. The lowest BCUT2D eigenvalue weighted by atomic mass is 10.1. The van der Waals surface area contributed by atoms with Crippen LogP contribution in [0, 0.1) is 6.92 Å². The fourth-order valence-corrected chi connectivity index (χ4v) is 3.97. The van der Waals surface area contributed by atoms with Gasteiger partial charge in [0.15, 0.2) is 0 Å². The van der Waals surface area contributed by atoms with Crippen LogP contribution in [0.15, 0.2) is 53.3 Å². The van der Waals surface area contributed by atoms with Gasteiger partial charge in [0.2, 0.25) is 11.8 Å². The van der Waals surface area contributed by atoms with Gasteiger partial charge in [0, 0.05) is 17.6 Å². The lowest BCUT2D eigenvalue weighted by Crippen LogP contribution is -2.45. The Bertz CT molecular complexity index is 1190. The number of likely N-dealkylation sites (tertiary alicyclic amines) is 1. The Morgan fingerprint density at radius 2 is 1.84 bits per heavy atom. The zero-order valence-electron chi connectivity index (χ0n) is 17.5. The molecule has 0 spiro atoms. The largest absolute Gasteiger partial charge is 0.497 e. The van der Waals surface area contributed by atoms with E-state index >= 15 is 0 Å². The third-order valence-corrected chi connectivity index (χ3v) is 5.57. The van der Waals surface area contributed by atoms with Crippen LogP contribution in [0.4, 0.5) is 5.69 Å². The van der Waals surface area contributed by atoms with Crippen molar-refractivity contribution in [2.75, 3.05) is 19.0 Å². The van der Waals surface area contributed by atoms with Gasteiger partial charge in [-0.1, -0.05) is 18.2 Å². The van der Waals surface area contributed by atoms with Crippen LogP contribution in [-0.4, -0.2) is 46.2 Å². The molecule has 8 nitrogen and oxygen atoms in total. The molecule has 0 saturated carbocycles. The number of amides is 2. The SMILES string of the molecule is COc1ccc(NC(=O)C2CCCN2C(=O)Cn2nc(C)c3ccccc3c2=O)cc1. The van der Waals surface area contributed by atoms with E-state index in [1.54, 1.807) is 43.5 Å². The highest BCUT2D eigenvalue weighted by molar-refractivity contribution is 5.97. The first-order valence-corrected chi connectivity index (χ1v) is 10.2. The molecule has 8 heteroatoms. The van der Waals surface area contributed by atoms with E-state index in [9.17, 15) is 14.4 Å². The molecule has 1 unspecified atom stereocenters. The lowest BCUT2D eigenvalue weighted by molar-refractivity contribution is -0.137. The molecule has 1 atom stereocenters. The number of anilines is 1. The summed E-state index contributed by atoms with van der Waals surface area (Å²) < 4.78 is 6.32. The van der Waals surface area contributed by atoms with Crippen molar-refractivity contribution in [1.82, 2.24) is 14.7 Å². The summed E-state index contributed by atoms with van der Waals surface area (Å²) in [4.78, 5) is 40.1. The molecule has 0 radical (unpaired) electrons. The molecule has 0 bridgehead atoms. The molecule has 1 N–H and O–H groups in total. The Balaban J connectivity index is 1.50. The number of aryl methyl sites for hydroxylation is 1. The normalized spacial score (nSPS) is 15.8. The number of rotatable bonds is 5. The first-order valence-electron chi connectivity index (χ1n) is 10.2. The number of nitrogens with one attached hydrogen (secondary N) is 1. The summed E-state index contributed by atoms with van der Waals surface area (Å²) in [5, 5.41) is 8.46. The van der Waals surface area contributed by atoms with Crippen LogP contribution >= 0.6 is 0 Å². The van der Waals surface area contributed by atoms with Gasteiger partial charge < -0.3 is 15.0 Å². The van der Waals surface area contributed by atoms with Crippen molar-refractivity contribution >= 4 is 28.3 Å². The number of fused-ring (bicyclic) bond motifs is 1. The third-order valence-electron chi connectivity index (χ3n) is 5.57. The van der Waals surface area contributed by atoms with Gasteiger partial charge in [-0.25, -0.2) is 4.68 Å². The number of benzene rings is 2. The van der Waals surface area contributed by atoms with Crippen molar-refractivity contribution in [2.24, 2.45) is 0 Å². The van der Waals surface area contributed by atoms with E-state index in [0.717, 1.165) is 11.8 Å². The van der Waals surface area contributed by atoms with Crippen molar-refractivity contribution < 1.29 is 14.3 Å². The van der Waals surface area contributed by atoms with E-state index in [1.165, 1.54) is 9.58 Å². The lowest BCUT2D eigenvalue weighted by Gasteiger charge is -2.24. The molecule has 1 aliphatic rings. The molecule has 2 aromatic carbocycles. The Morgan fingerprint density at radius 3 is 2.55 bits per heavy atom.